The smallest absolute Gasteiger partial charge is 0.123 e. The fourth-order valence-corrected chi connectivity index (χ4v) is 3.35. The van der Waals surface area contributed by atoms with E-state index in [1.807, 2.05) is 83.2 Å². The molecular formula is C21H28O3S. The second kappa shape index (κ2) is 10.1. The van der Waals surface area contributed by atoms with Gasteiger partial charge in [-0.15, -0.1) is 0 Å². The first-order valence-electron chi connectivity index (χ1n) is 8.60. The molecule has 25 heavy (non-hydrogen) atoms. The van der Waals surface area contributed by atoms with Crippen molar-refractivity contribution in [3.05, 3.63) is 64.8 Å². The third kappa shape index (κ3) is 6.46. The van der Waals surface area contributed by atoms with E-state index in [9.17, 15) is 9.00 Å². The molecule has 1 unspecified atom stereocenters. The summed E-state index contributed by atoms with van der Waals surface area (Å²) in [5.74, 6) is 0.744. The van der Waals surface area contributed by atoms with Crippen LogP contribution < -0.4 is 0 Å². The molecule has 3 nitrogen and oxygen atoms in total. The first-order chi connectivity index (χ1) is 11.9. The van der Waals surface area contributed by atoms with Crippen LogP contribution in [-0.2, 0) is 20.3 Å². The summed E-state index contributed by atoms with van der Waals surface area (Å²) in [6, 6.07) is 9.42. The van der Waals surface area contributed by atoms with Gasteiger partial charge in [-0.05, 0) is 50.6 Å². The molecule has 0 saturated carbocycles. The van der Waals surface area contributed by atoms with Crippen molar-refractivity contribution < 1.29 is 13.7 Å². The molecule has 1 aliphatic carbocycles. The van der Waals surface area contributed by atoms with Crippen LogP contribution in [-0.4, -0.2) is 16.1 Å². The molecule has 0 aromatic heterocycles. The van der Waals surface area contributed by atoms with Crippen molar-refractivity contribution in [2.24, 2.45) is 0 Å². The van der Waals surface area contributed by atoms with E-state index in [0.29, 0.717) is 12.8 Å². The Hall–Kier alpha value is -1.94. The van der Waals surface area contributed by atoms with Crippen LogP contribution in [0.2, 0.25) is 0 Å². The van der Waals surface area contributed by atoms with Crippen LogP contribution in [0.15, 0.2) is 69.7 Å². The number of carbonyl (C=O) groups excluding carboxylic acids is 1. The Bertz CT molecular complexity index is 682. The molecule has 0 bridgehead atoms. The van der Waals surface area contributed by atoms with Crippen molar-refractivity contribution >= 4 is 17.1 Å². The maximum atomic E-state index is 12.7. The summed E-state index contributed by atoms with van der Waals surface area (Å²) >= 11 is 0. The lowest BCUT2D eigenvalue weighted by Crippen LogP contribution is -2.24. The second-order valence-electron chi connectivity index (χ2n) is 6.07. The molecular weight excluding hydrogens is 332 g/mol. The van der Waals surface area contributed by atoms with Crippen LogP contribution in [0.25, 0.3) is 0 Å². The van der Waals surface area contributed by atoms with Crippen molar-refractivity contribution in [1.82, 2.24) is 0 Å². The standard InChI is InChI=1S/C19H22O3S.C2H6/c1-15-9-10-17(23(21)16-7-5-4-6-8-16)11-12-18(15)22-19(2,3)13-14-20;1-2/h4-10,12,14H,11,13H2,1-3H3;1-2H3. The zero-order valence-electron chi connectivity index (χ0n) is 15.7. The summed E-state index contributed by atoms with van der Waals surface area (Å²) in [6.45, 7) is 9.72. The van der Waals surface area contributed by atoms with E-state index >= 15 is 0 Å². The highest BCUT2D eigenvalue weighted by Gasteiger charge is 2.22. The lowest BCUT2D eigenvalue weighted by Gasteiger charge is -2.26. The lowest BCUT2D eigenvalue weighted by atomic mass is 10.1. The largest absolute Gasteiger partial charge is 0.487 e. The van der Waals surface area contributed by atoms with E-state index in [2.05, 4.69) is 0 Å². The molecule has 0 aliphatic heterocycles. The minimum Gasteiger partial charge on any atom is -0.487 e. The molecule has 1 aliphatic rings. The van der Waals surface area contributed by atoms with Crippen LogP contribution >= 0.6 is 0 Å². The van der Waals surface area contributed by atoms with Crippen LogP contribution in [0.5, 0.6) is 0 Å². The first kappa shape index (κ1) is 21.1. The summed E-state index contributed by atoms with van der Waals surface area (Å²) in [4.78, 5) is 12.4. The number of aldehydes is 1. The van der Waals surface area contributed by atoms with Gasteiger partial charge < -0.3 is 9.53 Å². The van der Waals surface area contributed by atoms with Gasteiger partial charge in [-0.25, -0.2) is 4.21 Å². The molecule has 0 spiro atoms. The minimum absolute atomic E-state index is 0.327. The summed E-state index contributed by atoms with van der Waals surface area (Å²) in [7, 11) is -1.18. The highest BCUT2D eigenvalue weighted by atomic mass is 32.2. The van der Waals surface area contributed by atoms with Gasteiger partial charge in [0.15, 0.2) is 0 Å². The van der Waals surface area contributed by atoms with Crippen LogP contribution in [0.3, 0.4) is 0 Å². The summed E-state index contributed by atoms with van der Waals surface area (Å²) in [6.07, 6.45) is 7.52. The average molecular weight is 361 g/mol. The van der Waals surface area contributed by atoms with Gasteiger partial charge in [0.1, 0.15) is 17.6 Å². The molecule has 1 aromatic rings. The fraction of sp³-hybridized carbons (Fsp3) is 0.381. The monoisotopic (exact) mass is 360 g/mol. The van der Waals surface area contributed by atoms with E-state index in [4.69, 9.17) is 4.74 Å². The third-order valence-electron chi connectivity index (χ3n) is 3.55. The van der Waals surface area contributed by atoms with Gasteiger partial charge in [0, 0.05) is 22.6 Å². The number of ether oxygens (including phenoxy) is 1. The maximum Gasteiger partial charge on any atom is 0.123 e. The van der Waals surface area contributed by atoms with Crippen molar-refractivity contribution in [2.45, 2.75) is 58.0 Å². The van der Waals surface area contributed by atoms with Crippen molar-refractivity contribution in [1.29, 1.82) is 0 Å². The minimum atomic E-state index is -1.18. The first-order valence-corrected chi connectivity index (χ1v) is 9.75. The van der Waals surface area contributed by atoms with Crippen molar-refractivity contribution in [3.8, 4) is 0 Å². The fourth-order valence-electron chi connectivity index (χ4n) is 2.22. The van der Waals surface area contributed by atoms with Gasteiger partial charge in [-0.2, -0.15) is 0 Å². The predicted octanol–water partition coefficient (Wildman–Crippen LogP) is 5.32. The number of hydrogen-bond donors (Lipinski definition) is 0. The van der Waals surface area contributed by atoms with Crippen LogP contribution in [0.4, 0.5) is 0 Å². The molecule has 2 rings (SSSR count). The second-order valence-corrected chi connectivity index (χ2v) is 7.60. The maximum absolute atomic E-state index is 12.7. The van der Waals surface area contributed by atoms with Crippen LogP contribution in [0, 0.1) is 0 Å². The molecule has 0 radical (unpaired) electrons. The van der Waals surface area contributed by atoms with E-state index in [0.717, 1.165) is 27.4 Å². The Morgan fingerprint density at radius 1 is 1.16 bits per heavy atom. The highest BCUT2D eigenvalue weighted by molar-refractivity contribution is 7.89. The molecule has 4 heteroatoms. The van der Waals surface area contributed by atoms with Crippen molar-refractivity contribution in [2.75, 3.05) is 0 Å². The molecule has 1 aromatic carbocycles. The number of carbonyl (C=O) groups is 1. The Kier molecular flexibility index (Phi) is 8.56. The average Bonchev–Trinajstić information content (AvgIpc) is 2.79. The number of benzene rings is 1. The van der Waals surface area contributed by atoms with E-state index in [1.165, 1.54) is 0 Å². The Balaban J connectivity index is 0.00000151. The zero-order valence-corrected chi connectivity index (χ0v) is 16.6. The Morgan fingerprint density at radius 3 is 2.40 bits per heavy atom. The van der Waals surface area contributed by atoms with Crippen LogP contribution in [0.1, 0.15) is 47.5 Å². The molecule has 0 fully saturated rings. The lowest BCUT2D eigenvalue weighted by molar-refractivity contribution is -0.111. The summed E-state index contributed by atoms with van der Waals surface area (Å²) < 4.78 is 18.6. The van der Waals surface area contributed by atoms with Gasteiger partial charge in [-0.1, -0.05) is 38.1 Å². The van der Waals surface area contributed by atoms with E-state index < -0.39 is 16.4 Å². The zero-order chi connectivity index (χ0) is 18.9. The van der Waals surface area contributed by atoms with Gasteiger partial charge >= 0.3 is 0 Å². The van der Waals surface area contributed by atoms with Gasteiger partial charge in [0.05, 0.1) is 10.8 Å². The number of allylic oxidation sites excluding steroid dienone is 5. The van der Waals surface area contributed by atoms with Gasteiger partial charge in [0.2, 0.25) is 0 Å². The van der Waals surface area contributed by atoms with E-state index in [1.54, 1.807) is 0 Å². The van der Waals surface area contributed by atoms with Gasteiger partial charge in [0.25, 0.3) is 0 Å². The normalized spacial score (nSPS) is 15.5. The SMILES string of the molecule is CC.CC1=CC=C(S(=O)c2ccccc2)CC=C1OC(C)(C)CC=O. The molecule has 0 amide bonds. The molecule has 0 saturated heterocycles. The third-order valence-corrected chi connectivity index (χ3v) is 5.03. The molecule has 136 valence electrons. The summed E-state index contributed by atoms with van der Waals surface area (Å²) in [5, 5.41) is 0. The predicted molar refractivity (Wildman–Crippen MR) is 105 cm³/mol. The van der Waals surface area contributed by atoms with Crippen molar-refractivity contribution in [3.63, 3.8) is 0 Å². The number of rotatable bonds is 6. The molecule has 0 heterocycles. The van der Waals surface area contributed by atoms with E-state index in [-0.39, 0.29) is 0 Å². The molecule has 0 N–H and O–H groups in total. The summed E-state index contributed by atoms with van der Waals surface area (Å²) in [5.41, 5.74) is 0.412. The topological polar surface area (TPSA) is 43.4 Å². The quantitative estimate of drug-likeness (QED) is 0.645. The van der Waals surface area contributed by atoms with Gasteiger partial charge in [-0.3, -0.25) is 0 Å². The highest BCUT2D eigenvalue weighted by Crippen LogP contribution is 2.28. The Morgan fingerprint density at radius 2 is 1.80 bits per heavy atom. The number of hydrogen-bond acceptors (Lipinski definition) is 3. The molecule has 1 atom stereocenters. The Labute approximate surface area is 153 Å².